The van der Waals surface area contributed by atoms with E-state index in [0.717, 1.165) is 18.4 Å². The normalized spacial score (nSPS) is 11.2. The van der Waals surface area contributed by atoms with Crippen LogP contribution in [-0.4, -0.2) is 16.2 Å². The second-order valence-electron chi connectivity index (χ2n) is 9.86. The number of phenolic OH excluding ortho intramolecular Hbond substituents is 2. The van der Waals surface area contributed by atoms with Gasteiger partial charge in [0.15, 0.2) is 0 Å². The van der Waals surface area contributed by atoms with Gasteiger partial charge in [-0.1, -0.05) is 121 Å². The Balaban J connectivity index is 1.48. The molecular formula is C32H46O4. The molecule has 0 fully saturated rings. The Morgan fingerprint density at radius 2 is 1.08 bits per heavy atom. The minimum Gasteiger partial charge on any atom is -0.508 e. The van der Waals surface area contributed by atoms with Crippen molar-refractivity contribution < 1.29 is 19.7 Å². The molecule has 0 unspecified atom stereocenters. The lowest BCUT2D eigenvalue weighted by Crippen LogP contribution is -2.07. The molecule has 0 saturated carbocycles. The van der Waals surface area contributed by atoms with Crippen molar-refractivity contribution in [3.8, 4) is 17.2 Å². The quantitative estimate of drug-likeness (QED) is 0.0883. The van der Waals surface area contributed by atoms with E-state index in [1.165, 1.54) is 89.5 Å². The Kier molecular flexibility index (Phi) is 15.2. The first-order chi connectivity index (χ1) is 17.6. The Labute approximate surface area is 218 Å². The van der Waals surface area contributed by atoms with Crippen LogP contribution in [0.3, 0.4) is 0 Å². The highest BCUT2D eigenvalue weighted by Gasteiger charge is 2.05. The third-order valence-corrected chi connectivity index (χ3v) is 6.49. The van der Waals surface area contributed by atoms with Crippen molar-refractivity contribution in [3.05, 3.63) is 53.6 Å². The summed E-state index contributed by atoms with van der Waals surface area (Å²) in [5.41, 5.74) is 1.63. The van der Waals surface area contributed by atoms with E-state index in [-0.39, 0.29) is 17.5 Å². The fourth-order valence-corrected chi connectivity index (χ4v) is 4.38. The number of carbonyl (C=O) groups is 1. The molecular weight excluding hydrogens is 448 g/mol. The van der Waals surface area contributed by atoms with Crippen molar-refractivity contribution >= 4 is 18.1 Å². The summed E-state index contributed by atoms with van der Waals surface area (Å²) in [5.74, 6) is 0.410. The highest BCUT2D eigenvalue weighted by molar-refractivity contribution is 5.73. The van der Waals surface area contributed by atoms with Gasteiger partial charge in [-0.15, -0.1) is 0 Å². The highest BCUT2D eigenvalue weighted by atomic mass is 16.5. The highest BCUT2D eigenvalue weighted by Crippen LogP contribution is 2.22. The lowest BCUT2D eigenvalue weighted by molar-refractivity contribution is -0.134. The molecule has 0 amide bonds. The summed E-state index contributed by atoms with van der Waals surface area (Å²) < 4.78 is 5.45. The van der Waals surface area contributed by atoms with Gasteiger partial charge >= 0.3 is 5.97 Å². The van der Waals surface area contributed by atoms with Crippen LogP contribution in [0.25, 0.3) is 12.2 Å². The smallest absolute Gasteiger partial charge is 0.311 e. The summed E-state index contributed by atoms with van der Waals surface area (Å²) >= 11 is 0. The predicted octanol–water partition coefficient (Wildman–Crippen LogP) is 9.44. The Morgan fingerprint density at radius 1 is 0.639 bits per heavy atom. The summed E-state index contributed by atoms with van der Waals surface area (Å²) in [4.78, 5) is 12.1. The number of hydrogen-bond acceptors (Lipinski definition) is 4. The van der Waals surface area contributed by atoms with Crippen LogP contribution in [0.15, 0.2) is 42.5 Å². The molecule has 36 heavy (non-hydrogen) atoms. The lowest BCUT2D eigenvalue weighted by atomic mass is 10.0. The zero-order chi connectivity index (χ0) is 25.8. The maximum absolute atomic E-state index is 12.1. The summed E-state index contributed by atoms with van der Waals surface area (Å²) in [6.45, 7) is 2.27. The zero-order valence-corrected chi connectivity index (χ0v) is 22.2. The number of unbranched alkanes of at least 4 members (excludes halogenated alkanes) is 14. The van der Waals surface area contributed by atoms with Crippen molar-refractivity contribution in [2.45, 2.75) is 110 Å². The van der Waals surface area contributed by atoms with Gasteiger partial charge in [-0.25, -0.2) is 0 Å². The summed E-state index contributed by atoms with van der Waals surface area (Å²) in [7, 11) is 0. The molecule has 0 aliphatic rings. The molecule has 2 rings (SSSR count). The largest absolute Gasteiger partial charge is 0.508 e. The minimum absolute atomic E-state index is 0.0194. The van der Waals surface area contributed by atoms with Crippen LogP contribution in [-0.2, 0) is 4.79 Å². The number of aromatic hydroxyl groups is 2. The molecule has 0 bridgehead atoms. The summed E-state index contributed by atoms with van der Waals surface area (Å²) in [6.07, 6.45) is 23.8. The topological polar surface area (TPSA) is 66.8 Å². The molecule has 4 heteroatoms. The average Bonchev–Trinajstić information content (AvgIpc) is 2.85. The second kappa shape index (κ2) is 18.5. The number of benzene rings is 2. The van der Waals surface area contributed by atoms with Crippen LogP contribution in [0, 0.1) is 0 Å². The van der Waals surface area contributed by atoms with Gasteiger partial charge in [-0.3, -0.25) is 4.79 Å². The van der Waals surface area contributed by atoms with Crippen molar-refractivity contribution in [1.29, 1.82) is 0 Å². The van der Waals surface area contributed by atoms with Gasteiger partial charge in [0.2, 0.25) is 0 Å². The molecule has 0 aliphatic heterocycles. The van der Waals surface area contributed by atoms with Crippen molar-refractivity contribution in [1.82, 2.24) is 0 Å². The molecule has 0 atom stereocenters. The first-order valence-electron chi connectivity index (χ1n) is 14.1. The van der Waals surface area contributed by atoms with Crippen molar-refractivity contribution in [2.75, 3.05) is 0 Å². The third kappa shape index (κ3) is 14.0. The van der Waals surface area contributed by atoms with E-state index in [2.05, 4.69) is 6.92 Å². The molecule has 0 radical (unpaired) electrons. The first-order valence-corrected chi connectivity index (χ1v) is 14.1. The SMILES string of the molecule is CCCCCCCCCCCCCCCCCC(=O)Oc1ccc(C=Cc2cc(O)cc(O)c2)cc1. The standard InChI is InChI=1S/C32H46O4/c1-2-3-4-5-6-7-8-9-10-11-12-13-14-15-16-17-32(35)36-31-22-20-27(21-23-31)18-19-28-24-29(33)26-30(34)25-28/h18-26,33-34H,2-17H2,1H3. The van der Waals surface area contributed by atoms with Crippen LogP contribution in [0.1, 0.15) is 121 Å². The van der Waals surface area contributed by atoms with Crippen LogP contribution in [0.4, 0.5) is 0 Å². The van der Waals surface area contributed by atoms with Crippen LogP contribution >= 0.6 is 0 Å². The molecule has 198 valence electrons. The number of esters is 1. The van der Waals surface area contributed by atoms with Gasteiger partial charge in [0, 0.05) is 12.5 Å². The zero-order valence-electron chi connectivity index (χ0n) is 22.2. The van der Waals surface area contributed by atoms with E-state index in [1.807, 2.05) is 18.2 Å². The van der Waals surface area contributed by atoms with Gasteiger partial charge < -0.3 is 14.9 Å². The van der Waals surface area contributed by atoms with Crippen LogP contribution in [0.5, 0.6) is 17.2 Å². The second-order valence-corrected chi connectivity index (χ2v) is 9.86. The Hall–Kier alpha value is -2.75. The molecule has 2 aromatic carbocycles. The molecule has 4 nitrogen and oxygen atoms in total. The van der Waals surface area contributed by atoms with Gasteiger partial charge in [-0.2, -0.15) is 0 Å². The van der Waals surface area contributed by atoms with Crippen LogP contribution < -0.4 is 4.74 Å². The van der Waals surface area contributed by atoms with Gasteiger partial charge in [0.05, 0.1) is 0 Å². The number of hydrogen-bond donors (Lipinski definition) is 2. The van der Waals surface area contributed by atoms with E-state index in [1.54, 1.807) is 30.3 Å². The maximum Gasteiger partial charge on any atom is 0.311 e. The number of carbonyl (C=O) groups excluding carboxylic acids is 1. The number of rotatable bonds is 19. The number of ether oxygens (including phenoxy) is 1. The van der Waals surface area contributed by atoms with E-state index in [4.69, 9.17) is 4.74 Å². The first kappa shape index (κ1) is 29.5. The molecule has 0 aromatic heterocycles. The van der Waals surface area contributed by atoms with E-state index < -0.39 is 0 Å². The van der Waals surface area contributed by atoms with Gasteiger partial charge in [0.1, 0.15) is 17.2 Å². The average molecular weight is 495 g/mol. The van der Waals surface area contributed by atoms with E-state index in [9.17, 15) is 15.0 Å². The van der Waals surface area contributed by atoms with Crippen molar-refractivity contribution in [2.24, 2.45) is 0 Å². The summed E-state index contributed by atoms with van der Waals surface area (Å²) in [6, 6.07) is 11.7. The Bertz CT molecular complexity index is 865. The molecule has 0 aliphatic carbocycles. The maximum atomic E-state index is 12.1. The van der Waals surface area contributed by atoms with Crippen LogP contribution in [0.2, 0.25) is 0 Å². The molecule has 0 heterocycles. The Morgan fingerprint density at radius 3 is 1.58 bits per heavy atom. The third-order valence-electron chi connectivity index (χ3n) is 6.49. The van der Waals surface area contributed by atoms with E-state index in [0.29, 0.717) is 17.7 Å². The van der Waals surface area contributed by atoms with Gasteiger partial charge in [0.25, 0.3) is 0 Å². The monoisotopic (exact) mass is 494 g/mol. The minimum atomic E-state index is -0.178. The molecule has 2 N–H and O–H groups in total. The van der Waals surface area contributed by atoms with E-state index >= 15 is 0 Å². The molecule has 0 saturated heterocycles. The lowest BCUT2D eigenvalue weighted by Gasteiger charge is -2.05. The fourth-order valence-electron chi connectivity index (χ4n) is 4.38. The summed E-state index contributed by atoms with van der Waals surface area (Å²) in [5, 5.41) is 19.1. The molecule has 0 spiro atoms. The number of phenols is 2. The molecule has 2 aromatic rings. The van der Waals surface area contributed by atoms with Gasteiger partial charge in [-0.05, 0) is 41.8 Å². The van der Waals surface area contributed by atoms with Crippen molar-refractivity contribution in [3.63, 3.8) is 0 Å². The predicted molar refractivity (Wildman–Crippen MR) is 150 cm³/mol. The fraction of sp³-hybridized carbons (Fsp3) is 0.531.